The van der Waals surface area contributed by atoms with Crippen molar-refractivity contribution in [1.82, 2.24) is 5.01 Å². The van der Waals surface area contributed by atoms with Gasteiger partial charge in [-0.15, -0.1) is 4.99 Å². The molecule has 0 spiro atoms. The zero-order chi connectivity index (χ0) is 16.9. The molecule has 3 rings (SSSR count). The molecule has 0 amide bonds. The third-order valence-corrected chi connectivity index (χ3v) is 4.04. The highest BCUT2D eigenvalue weighted by Gasteiger charge is 2.22. The Hall–Kier alpha value is -2.84. The number of amidine groups is 1. The topological polar surface area (TPSA) is 61.0 Å². The van der Waals surface area contributed by atoms with Gasteiger partial charge in [0.1, 0.15) is 5.75 Å². The first-order valence-corrected chi connectivity index (χ1v) is 7.86. The highest BCUT2D eigenvalue weighted by molar-refractivity contribution is 6.31. The summed E-state index contributed by atoms with van der Waals surface area (Å²) in [5.41, 5.74) is 2.93. The highest BCUT2D eigenvalue weighted by atomic mass is 35.5. The van der Waals surface area contributed by atoms with E-state index in [1.54, 1.807) is 23.3 Å². The maximum absolute atomic E-state index is 8.92. The van der Waals surface area contributed by atoms with Crippen LogP contribution in [0, 0.1) is 18.4 Å². The molecule has 0 unspecified atom stereocenters. The molecule has 1 aliphatic heterocycles. The molecule has 2 aromatic rings. The summed E-state index contributed by atoms with van der Waals surface area (Å²) in [5.74, 6) is 0.609. The largest absolute Gasteiger partial charge is 0.424 e. The summed E-state index contributed by atoms with van der Waals surface area (Å²) < 4.78 is 5.69. The minimum Gasteiger partial charge on any atom is -0.424 e. The van der Waals surface area contributed by atoms with Gasteiger partial charge in [-0.3, -0.25) is 0 Å². The molecule has 0 N–H and O–H groups in total. The van der Waals surface area contributed by atoms with Crippen molar-refractivity contribution < 1.29 is 4.74 Å². The molecule has 0 atom stereocenters. The van der Waals surface area contributed by atoms with E-state index in [2.05, 4.69) is 10.1 Å². The van der Waals surface area contributed by atoms with Crippen molar-refractivity contribution in [3.8, 4) is 11.9 Å². The van der Waals surface area contributed by atoms with Gasteiger partial charge >= 0.3 is 6.02 Å². The van der Waals surface area contributed by atoms with Gasteiger partial charge in [0.25, 0.3) is 0 Å². The second-order valence-electron chi connectivity index (χ2n) is 5.29. The van der Waals surface area contributed by atoms with E-state index in [0.29, 0.717) is 12.3 Å². The van der Waals surface area contributed by atoms with Gasteiger partial charge in [0.15, 0.2) is 0 Å². The van der Waals surface area contributed by atoms with E-state index in [0.717, 1.165) is 28.3 Å². The Balaban J connectivity index is 1.83. The van der Waals surface area contributed by atoms with Crippen molar-refractivity contribution in [3.63, 3.8) is 0 Å². The molecule has 0 bridgehead atoms. The van der Waals surface area contributed by atoms with Crippen molar-refractivity contribution in [2.45, 2.75) is 13.3 Å². The van der Waals surface area contributed by atoms with E-state index >= 15 is 0 Å². The number of halogens is 1. The number of hydrazone groups is 1. The van der Waals surface area contributed by atoms with Gasteiger partial charge in [0.2, 0.25) is 6.19 Å². The molecule has 1 heterocycles. The van der Waals surface area contributed by atoms with E-state index in [1.165, 1.54) is 0 Å². The molecular weight excluding hydrogens is 324 g/mol. The van der Waals surface area contributed by atoms with Crippen LogP contribution in [-0.4, -0.2) is 23.3 Å². The summed E-state index contributed by atoms with van der Waals surface area (Å²) >= 11 is 6.07. The Bertz CT molecular complexity index is 840. The van der Waals surface area contributed by atoms with Gasteiger partial charge in [-0.1, -0.05) is 35.9 Å². The van der Waals surface area contributed by atoms with Gasteiger partial charge in [0, 0.05) is 11.4 Å². The summed E-state index contributed by atoms with van der Waals surface area (Å²) in [6.45, 7) is 2.56. The molecule has 0 aromatic heterocycles. The lowest BCUT2D eigenvalue weighted by molar-refractivity contribution is 0.376. The smallest absolute Gasteiger partial charge is 0.329 e. The minimum absolute atomic E-state index is 0.171. The average Bonchev–Trinajstić information content (AvgIpc) is 3.08. The number of nitriles is 1. The number of rotatable bonds is 2. The summed E-state index contributed by atoms with van der Waals surface area (Å²) in [7, 11) is 0. The van der Waals surface area contributed by atoms with Crippen LogP contribution in [0.15, 0.2) is 58.6 Å². The van der Waals surface area contributed by atoms with Crippen molar-refractivity contribution in [2.75, 3.05) is 6.54 Å². The minimum atomic E-state index is 0.171. The van der Waals surface area contributed by atoms with Crippen LogP contribution in [0.25, 0.3) is 0 Å². The third kappa shape index (κ3) is 3.55. The first kappa shape index (κ1) is 16.0. The molecule has 0 saturated carbocycles. The number of para-hydroxylation sites is 1. The Morgan fingerprint density at radius 2 is 2.08 bits per heavy atom. The zero-order valence-corrected chi connectivity index (χ0v) is 13.9. The molecule has 6 heteroatoms. The van der Waals surface area contributed by atoms with Crippen LogP contribution < -0.4 is 4.74 Å². The number of aryl methyl sites for hydroxylation is 1. The average molecular weight is 339 g/mol. The van der Waals surface area contributed by atoms with E-state index < -0.39 is 0 Å². The van der Waals surface area contributed by atoms with Crippen molar-refractivity contribution in [3.05, 3.63) is 64.7 Å². The molecule has 24 heavy (non-hydrogen) atoms. The van der Waals surface area contributed by atoms with Gasteiger partial charge in [-0.05, 0) is 42.3 Å². The van der Waals surface area contributed by atoms with Crippen LogP contribution in [0.1, 0.15) is 17.5 Å². The van der Waals surface area contributed by atoms with Crippen LogP contribution >= 0.6 is 11.6 Å². The van der Waals surface area contributed by atoms with Gasteiger partial charge in [-0.25, -0.2) is 5.01 Å². The number of nitrogens with zero attached hydrogens (tertiary/aromatic N) is 4. The fourth-order valence-corrected chi connectivity index (χ4v) is 2.51. The second-order valence-corrected chi connectivity index (χ2v) is 5.70. The monoisotopic (exact) mass is 338 g/mol. The van der Waals surface area contributed by atoms with Crippen molar-refractivity contribution in [1.29, 1.82) is 5.26 Å². The summed E-state index contributed by atoms with van der Waals surface area (Å²) in [6, 6.07) is 15.2. The normalized spacial score (nSPS) is 14.3. The molecule has 0 saturated heterocycles. The van der Waals surface area contributed by atoms with E-state index in [1.807, 2.05) is 43.3 Å². The molecule has 0 radical (unpaired) electrons. The maximum atomic E-state index is 8.92. The Morgan fingerprint density at radius 1 is 1.29 bits per heavy atom. The van der Waals surface area contributed by atoms with E-state index in [4.69, 9.17) is 21.6 Å². The van der Waals surface area contributed by atoms with Gasteiger partial charge < -0.3 is 4.74 Å². The number of hydrogen-bond donors (Lipinski definition) is 0. The number of ether oxygens (including phenoxy) is 1. The lowest BCUT2D eigenvalue weighted by atomic mass is 10.1. The Labute approximate surface area is 145 Å². The predicted octanol–water partition coefficient (Wildman–Crippen LogP) is 3.97. The quantitative estimate of drug-likeness (QED) is 0.473. The molecule has 5 nitrogen and oxygen atoms in total. The highest BCUT2D eigenvalue weighted by Crippen LogP contribution is 2.21. The standard InChI is InChI=1S/C18H15ClN4O/c1-13-11-14(7-8-16(13)19)17-9-10-23(22-17)18(21-12-20)24-15-5-3-2-4-6-15/h2-8,11H,9-10H2,1H3. The SMILES string of the molecule is Cc1cc(C2=NN(C(=NC#N)Oc3ccccc3)CC2)ccc1Cl. The first-order valence-electron chi connectivity index (χ1n) is 7.48. The van der Waals surface area contributed by atoms with Crippen LogP contribution in [0.5, 0.6) is 5.75 Å². The maximum Gasteiger partial charge on any atom is 0.329 e. The number of benzene rings is 2. The van der Waals surface area contributed by atoms with Crippen molar-refractivity contribution >= 4 is 23.3 Å². The van der Waals surface area contributed by atoms with E-state index in [-0.39, 0.29) is 6.02 Å². The van der Waals surface area contributed by atoms with Gasteiger partial charge in [-0.2, -0.15) is 10.4 Å². The lowest BCUT2D eigenvalue weighted by Crippen LogP contribution is -2.28. The zero-order valence-electron chi connectivity index (χ0n) is 13.1. The molecule has 120 valence electrons. The predicted molar refractivity (Wildman–Crippen MR) is 94.2 cm³/mol. The Morgan fingerprint density at radius 3 is 2.79 bits per heavy atom. The van der Waals surface area contributed by atoms with Gasteiger partial charge in [0.05, 0.1) is 12.3 Å². The Kier molecular flexibility index (Phi) is 4.78. The fraction of sp³-hybridized carbons (Fsp3) is 0.167. The summed E-state index contributed by atoms with van der Waals surface area (Å²) in [4.78, 5) is 3.76. The summed E-state index contributed by atoms with van der Waals surface area (Å²) in [6.07, 6.45) is 2.51. The number of hydrogen-bond acceptors (Lipinski definition) is 4. The fourth-order valence-electron chi connectivity index (χ4n) is 2.39. The summed E-state index contributed by atoms with van der Waals surface area (Å²) in [5, 5.41) is 15.8. The molecule has 0 fully saturated rings. The van der Waals surface area contributed by atoms with Crippen LogP contribution in [0.3, 0.4) is 0 Å². The molecule has 1 aliphatic rings. The van der Waals surface area contributed by atoms with Crippen LogP contribution in [-0.2, 0) is 0 Å². The first-order chi connectivity index (χ1) is 11.7. The molecule has 2 aromatic carbocycles. The van der Waals surface area contributed by atoms with Crippen LogP contribution in [0.2, 0.25) is 5.02 Å². The number of aliphatic imine (C=N–C) groups is 1. The third-order valence-electron chi connectivity index (χ3n) is 3.61. The van der Waals surface area contributed by atoms with Crippen molar-refractivity contribution in [2.24, 2.45) is 10.1 Å². The second kappa shape index (κ2) is 7.16. The molecular formula is C18H15ClN4O. The van der Waals surface area contributed by atoms with Crippen LogP contribution in [0.4, 0.5) is 0 Å². The van der Waals surface area contributed by atoms with E-state index in [9.17, 15) is 0 Å². The molecule has 0 aliphatic carbocycles. The lowest BCUT2D eigenvalue weighted by Gasteiger charge is -2.15.